The van der Waals surface area contributed by atoms with Gasteiger partial charge < -0.3 is 25.4 Å². The number of benzene rings is 1. The Bertz CT molecular complexity index is 741. The zero-order valence-corrected chi connectivity index (χ0v) is 18.9. The van der Waals surface area contributed by atoms with Crippen molar-refractivity contribution in [1.29, 1.82) is 0 Å². The smallest absolute Gasteiger partial charge is 0.408 e. The van der Waals surface area contributed by atoms with Crippen molar-refractivity contribution >= 4 is 17.9 Å². The Kier molecular flexibility index (Phi) is 8.86. The molecule has 1 fully saturated rings. The monoisotopic (exact) mass is 433 g/mol. The van der Waals surface area contributed by atoms with E-state index in [1.165, 1.54) is 18.4 Å². The summed E-state index contributed by atoms with van der Waals surface area (Å²) in [4.78, 5) is 39.7. The minimum absolute atomic E-state index is 0.0875. The third kappa shape index (κ3) is 7.54. The summed E-state index contributed by atoms with van der Waals surface area (Å²) >= 11 is 0. The van der Waals surface area contributed by atoms with E-state index in [9.17, 15) is 19.5 Å². The summed E-state index contributed by atoms with van der Waals surface area (Å²) in [5.74, 6) is -0.857. The molecule has 172 valence electrons. The zero-order chi connectivity index (χ0) is 23.0. The topological polar surface area (TPSA) is 108 Å². The fourth-order valence-electron chi connectivity index (χ4n) is 3.72. The summed E-state index contributed by atoms with van der Waals surface area (Å²) in [6.45, 7) is 4.49. The molecule has 2 rings (SSSR count). The molecule has 8 nitrogen and oxygen atoms in total. The van der Waals surface area contributed by atoms with Crippen LogP contribution in [0, 0.1) is 0 Å². The molecule has 1 aromatic rings. The number of nitrogens with one attached hydrogen (secondary N) is 2. The van der Waals surface area contributed by atoms with Crippen LogP contribution in [-0.4, -0.2) is 59.3 Å². The number of aliphatic hydroxyl groups is 1. The van der Waals surface area contributed by atoms with Crippen LogP contribution in [0.4, 0.5) is 4.79 Å². The van der Waals surface area contributed by atoms with Crippen LogP contribution in [0.2, 0.25) is 0 Å². The van der Waals surface area contributed by atoms with Crippen molar-refractivity contribution in [3.05, 3.63) is 35.9 Å². The van der Waals surface area contributed by atoms with Crippen molar-refractivity contribution in [3.8, 4) is 0 Å². The number of amides is 3. The molecule has 0 aromatic heterocycles. The van der Waals surface area contributed by atoms with Crippen LogP contribution in [0.15, 0.2) is 30.3 Å². The lowest BCUT2D eigenvalue weighted by atomic mass is 9.94. The molecule has 0 radical (unpaired) electrons. The van der Waals surface area contributed by atoms with Crippen molar-refractivity contribution in [2.45, 2.75) is 76.6 Å². The number of aliphatic hydroxyl groups excluding tert-OH is 1. The molecule has 2 unspecified atom stereocenters. The number of rotatable bonds is 7. The van der Waals surface area contributed by atoms with Gasteiger partial charge in [-0.2, -0.15) is 0 Å². The first-order valence-electron chi connectivity index (χ1n) is 10.8. The van der Waals surface area contributed by atoms with E-state index in [-0.39, 0.29) is 11.9 Å². The fraction of sp³-hybridized carbons (Fsp3) is 0.609. The van der Waals surface area contributed by atoms with Gasteiger partial charge in [-0.1, -0.05) is 49.6 Å². The summed E-state index contributed by atoms with van der Waals surface area (Å²) in [5.41, 5.74) is -0.0912. The highest BCUT2D eigenvalue weighted by atomic mass is 16.6. The van der Waals surface area contributed by atoms with Crippen molar-refractivity contribution < 1.29 is 24.2 Å². The first-order valence-corrected chi connectivity index (χ1v) is 10.8. The maximum atomic E-state index is 13.2. The van der Waals surface area contributed by atoms with E-state index in [0.29, 0.717) is 5.56 Å². The maximum absolute atomic E-state index is 13.2. The van der Waals surface area contributed by atoms with Gasteiger partial charge in [0.15, 0.2) is 0 Å². The Hall–Kier alpha value is -2.61. The minimum atomic E-state index is -1.23. The molecule has 31 heavy (non-hydrogen) atoms. The summed E-state index contributed by atoms with van der Waals surface area (Å²) in [7, 11) is 1.50. The van der Waals surface area contributed by atoms with Crippen molar-refractivity contribution in [3.63, 3.8) is 0 Å². The molecule has 0 aliphatic heterocycles. The molecule has 1 aliphatic rings. The van der Waals surface area contributed by atoms with Crippen molar-refractivity contribution in [2.24, 2.45) is 0 Å². The fourth-order valence-corrected chi connectivity index (χ4v) is 3.72. The van der Waals surface area contributed by atoms with E-state index in [2.05, 4.69) is 10.6 Å². The summed E-state index contributed by atoms with van der Waals surface area (Å²) in [6, 6.07) is 6.98. The van der Waals surface area contributed by atoms with Crippen LogP contribution < -0.4 is 10.6 Å². The molecule has 0 saturated heterocycles. The number of ether oxygens (including phenoxy) is 1. The van der Waals surface area contributed by atoms with Gasteiger partial charge >= 0.3 is 6.09 Å². The highest BCUT2D eigenvalue weighted by Crippen LogP contribution is 2.23. The van der Waals surface area contributed by atoms with Gasteiger partial charge in [0.25, 0.3) is 0 Å². The first-order chi connectivity index (χ1) is 14.6. The molecule has 2 atom stereocenters. The number of hydrogen-bond acceptors (Lipinski definition) is 5. The molecular formula is C23H35N3O5. The van der Waals surface area contributed by atoms with E-state index in [0.717, 1.165) is 25.7 Å². The molecule has 1 saturated carbocycles. The highest BCUT2D eigenvalue weighted by Gasteiger charge is 2.34. The third-order valence-corrected chi connectivity index (χ3v) is 5.22. The third-order valence-electron chi connectivity index (χ3n) is 5.22. The van der Waals surface area contributed by atoms with E-state index in [4.69, 9.17) is 4.74 Å². The van der Waals surface area contributed by atoms with Gasteiger partial charge in [-0.15, -0.1) is 0 Å². The SMILES string of the molecule is CN(C(=O)C(CO)NC(=O)OC(C)(C)C)C(C(=O)NC1CCCCC1)c1ccccc1. The van der Waals surface area contributed by atoms with Crippen LogP contribution in [0.25, 0.3) is 0 Å². The van der Waals surface area contributed by atoms with Gasteiger partial charge in [-0.25, -0.2) is 4.79 Å². The summed E-state index contributed by atoms with van der Waals surface area (Å²) < 4.78 is 5.18. The van der Waals surface area contributed by atoms with Gasteiger partial charge in [0.1, 0.15) is 17.7 Å². The minimum Gasteiger partial charge on any atom is -0.444 e. The van der Waals surface area contributed by atoms with Crippen LogP contribution in [-0.2, 0) is 14.3 Å². The van der Waals surface area contributed by atoms with E-state index in [1.807, 2.05) is 6.07 Å². The number of nitrogens with zero attached hydrogens (tertiary/aromatic N) is 1. The van der Waals surface area contributed by atoms with Gasteiger partial charge in [0.2, 0.25) is 11.8 Å². The van der Waals surface area contributed by atoms with Gasteiger partial charge in [-0.3, -0.25) is 9.59 Å². The normalized spacial score (nSPS) is 16.7. The quantitative estimate of drug-likeness (QED) is 0.612. The second-order valence-electron chi connectivity index (χ2n) is 8.99. The second-order valence-corrected chi connectivity index (χ2v) is 8.99. The van der Waals surface area contributed by atoms with Crippen molar-refractivity contribution in [1.82, 2.24) is 15.5 Å². The second kappa shape index (κ2) is 11.1. The van der Waals surface area contributed by atoms with Gasteiger partial charge in [0, 0.05) is 13.1 Å². The molecule has 0 heterocycles. The lowest BCUT2D eigenvalue weighted by Gasteiger charge is -2.32. The number of likely N-dealkylation sites (N-methyl/N-ethyl adjacent to an activating group) is 1. The van der Waals surface area contributed by atoms with Crippen LogP contribution in [0.3, 0.4) is 0 Å². The Balaban J connectivity index is 2.18. The number of hydrogen-bond donors (Lipinski definition) is 3. The van der Waals surface area contributed by atoms with E-state index < -0.39 is 36.3 Å². The molecule has 1 aromatic carbocycles. The molecule has 3 N–H and O–H groups in total. The van der Waals surface area contributed by atoms with Gasteiger partial charge in [0.05, 0.1) is 6.61 Å². The molecule has 8 heteroatoms. The van der Waals surface area contributed by atoms with Crippen molar-refractivity contribution in [2.75, 3.05) is 13.7 Å². The maximum Gasteiger partial charge on any atom is 0.408 e. The predicted octanol–water partition coefficient (Wildman–Crippen LogP) is 2.52. The number of carbonyl (C=O) groups is 3. The zero-order valence-electron chi connectivity index (χ0n) is 18.9. The average Bonchev–Trinajstić information content (AvgIpc) is 2.71. The van der Waals surface area contributed by atoms with Crippen LogP contribution in [0.5, 0.6) is 0 Å². The molecular weight excluding hydrogens is 398 g/mol. The summed E-state index contributed by atoms with van der Waals surface area (Å²) in [6.07, 6.45) is 4.34. The predicted molar refractivity (Wildman–Crippen MR) is 117 cm³/mol. The molecule has 1 aliphatic carbocycles. The molecule has 0 spiro atoms. The first kappa shape index (κ1) is 24.7. The Morgan fingerprint density at radius 2 is 1.74 bits per heavy atom. The Labute approximate surface area is 184 Å². The average molecular weight is 434 g/mol. The molecule has 0 bridgehead atoms. The Morgan fingerprint density at radius 1 is 1.13 bits per heavy atom. The van der Waals surface area contributed by atoms with Gasteiger partial charge in [-0.05, 0) is 39.2 Å². The van der Waals surface area contributed by atoms with Crippen LogP contribution >= 0.6 is 0 Å². The highest BCUT2D eigenvalue weighted by molar-refractivity contribution is 5.92. The number of alkyl carbamates (subject to hydrolysis) is 1. The Morgan fingerprint density at radius 3 is 2.29 bits per heavy atom. The van der Waals surface area contributed by atoms with E-state index in [1.54, 1.807) is 45.0 Å². The lowest BCUT2D eigenvalue weighted by Crippen LogP contribution is -2.53. The largest absolute Gasteiger partial charge is 0.444 e. The lowest BCUT2D eigenvalue weighted by molar-refractivity contribution is -0.141. The number of carbonyl (C=O) groups excluding carboxylic acids is 3. The standard InChI is InChI=1S/C23H35N3O5/c1-23(2,3)31-22(30)25-18(15-27)21(29)26(4)19(16-11-7-5-8-12-16)20(28)24-17-13-9-6-10-14-17/h5,7-8,11-12,17-19,27H,6,9-10,13-15H2,1-4H3,(H,24,28)(H,25,30). The molecule has 3 amide bonds. The summed E-state index contributed by atoms with van der Waals surface area (Å²) in [5, 5.41) is 15.2. The van der Waals surface area contributed by atoms with Crippen LogP contribution in [0.1, 0.15) is 64.5 Å². The van der Waals surface area contributed by atoms with E-state index >= 15 is 0 Å².